The predicted molar refractivity (Wildman–Crippen MR) is 171 cm³/mol. The maximum atomic E-state index is 16.3. The van der Waals surface area contributed by atoms with Crippen LogP contribution in [0.15, 0.2) is 54.7 Å². The largest absolute Gasteiger partial charge is 0.396 e. The molecule has 3 aromatic rings. The van der Waals surface area contributed by atoms with Crippen molar-refractivity contribution in [2.45, 2.75) is 87.4 Å². The fourth-order valence-electron chi connectivity index (χ4n) is 7.38. The smallest absolute Gasteiger partial charge is 0.268 e. The van der Waals surface area contributed by atoms with Crippen LogP contribution in [0.25, 0.3) is 0 Å². The van der Waals surface area contributed by atoms with Gasteiger partial charge in [0.1, 0.15) is 18.3 Å². The lowest BCUT2D eigenvalue weighted by Crippen LogP contribution is -2.60. The summed E-state index contributed by atoms with van der Waals surface area (Å²) in [6, 6.07) is 13.7. The molecule has 48 heavy (non-hydrogen) atoms. The van der Waals surface area contributed by atoms with E-state index in [0.29, 0.717) is 42.0 Å². The van der Waals surface area contributed by atoms with Crippen molar-refractivity contribution in [1.29, 1.82) is 0 Å². The quantitative estimate of drug-likeness (QED) is 0.139. The van der Waals surface area contributed by atoms with Gasteiger partial charge in [-0.15, -0.1) is 5.10 Å². The lowest BCUT2D eigenvalue weighted by Gasteiger charge is -2.37. The van der Waals surface area contributed by atoms with Gasteiger partial charge in [0.05, 0.1) is 17.5 Å². The summed E-state index contributed by atoms with van der Waals surface area (Å²) in [5, 5.41) is 60.3. The summed E-state index contributed by atoms with van der Waals surface area (Å²) < 4.78 is 29.8. The molecule has 258 valence electrons. The van der Waals surface area contributed by atoms with E-state index in [1.165, 1.54) is 4.90 Å². The number of carbonyl (C=O) groups excluding carboxylic acids is 2. The molecule has 6 N–H and O–H groups in total. The second-order valence-electron chi connectivity index (χ2n) is 13.1. The third-order valence-corrected chi connectivity index (χ3v) is 12.1. The number of rotatable bonds is 9. The molecule has 3 aliphatic rings. The highest BCUT2D eigenvalue weighted by Gasteiger charge is 2.67. The Hall–Kier alpha value is -3.61. The lowest BCUT2D eigenvalue weighted by molar-refractivity contribution is -0.274. The van der Waals surface area contributed by atoms with Gasteiger partial charge in [0.15, 0.2) is 18.0 Å². The Kier molecular flexibility index (Phi) is 9.29. The van der Waals surface area contributed by atoms with E-state index < -0.39 is 74.1 Å². The average molecular weight is 686 g/mol. The number of halogens is 1. The van der Waals surface area contributed by atoms with Crippen LogP contribution in [0, 0.1) is 5.92 Å². The number of hydrogen-bond acceptors (Lipinski definition) is 11. The molecule has 0 unspecified atom stereocenters. The van der Waals surface area contributed by atoms with E-state index in [-0.39, 0.29) is 12.3 Å². The Morgan fingerprint density at radius 2 is 1.81 bits per heavy atom. The zero-order chi connectivity index (χ0) is 34.5. The van der Waals surface area contributed by atoms with Crippen LogP contribution in [0.1, 0.15) is 24.6 Å². The molecule has 16 heteroatoms. The van der Waals surface area contributed by atoms with Crippen LogP contribution in [0.2, 0.25) is 18.6 Å². The summed E-state index contributed by atoms with van der Waals surface area (Å²) in [5.41, 5.74) is 0.0529. The first-order valence-electron chi connectivity index (χ1n) is 15.9. The Labute approximate surface area is 276 Å². The van der Waals surface area contributed by atoms with Gasteiger partial charge >= 0.3 is 0 Å². The summed E-state index contributed by atoms with van der Waals surface area (Å²) in [6.45, 7) is 5.27. The Bertz CT molecular complexity index is 1660. The second kappa shape index (κ2) is 13.0. The van der Waals surface area contributed by atoms with Crippen molar-refractivity contribution in [2.75, 3.05) is 16.8 Å². The monoisotopic (exact) mass is 685 g/mol. The van der Waals surface area contributed by atoms with E-state index in [4.69, 9.17) is 9.47 Å². The molecule has 3 aliphatic heterocycles. The summed E-state index contributed by atoms with van der Waals surface area (Å²) in [7, 11) is -3.49. The second-order valence-corrected chi connectivity index (χ2v) is 16.9. The van der Waals surface area contributed by atoms with Gasteiger partial charge in [-0.2, -0.15) is 0 Å². The molecule has 2 amide bonds. The molecule has 2 saturated heterocycles. The number of fused-ring (bicyclic) bond motifs is 2. The minimum Gasteiger partial charge on any atom is -0.396 e. The molecule has 4 heterocycles. The van der Waals surface area contributed by atoms with E-state index in [1.54, 1.807) is 66.4 Å². The number of carbonyl (C=O) groups is 2. The SMILES string of the molecule is C[C@H]1[C@H]([Si](C)(C)F)[C@@H](CCn2cc(CCO)nn2)O[C@]12C(=O)N(c1ccccc1)c1ccc(NC(=O)[C@H]3O[C@@H](O)[C@H](O)[C@@H](O)[C@@H]3O)cc12. The van der Waals surface area contributed by atoms with E-state index >= 15 is 4.11 Å². The average Bonchev–Trinajstić information content (AvgIpc) is 3.70. The number of hydrogen-bond donors (Lipinski definition) is 6. The van der Waals surface area contributed by atoms with Gasteiger partial charge in [-0.3, -0.25) is 19.2 Å². The Balaban J connectivity index is 1.37. The van der Waals surface area contributed by atoms with Gasteiger partial charge in [-0.1, -0.05) is 30.3 Å². The first-order chi connectivity index (χ1) is 22.8. The highest BCUT2D eigenvalue weighted by molar-refractivity contribution is 6.72. The molecule has 2 fully saturated rings. The molecule has 6 rings (SSSR count). The number of nitrogens with one attached hydrogen (secondary N) is 1. The number of aliphatic hydroxyl groups is 5. The normalized spacial score (nSPS) is 31.8. The molecule has 1 aromatic heterocycles. The number of aliphatic hydroxyl groups excluding tert-OH is 5. The highest BCUT2D eigenvalue weighted by Crippen LogP contribution is 2.61. The van der Waals surface area contributed by atoms with Gasteiger partial charge in [0.25, 0.3) is 11.8 Å². The molecule has 14 nitrogen and oxygen atoms in total. The fraction of sp³-hybridized carbons (Fsp3) is 0.500. The molecule has 9 atom stereocenters. The number of para-hydroxylation sites is 1. The van der Waals surface area contributed by atoms with Crippen LogP contribution in [0.5, 0.6) is 0 Å². The van der Waals surface area contributed by atoms with E-state index in [2.05, 4.69) is 15.6 Å². The molecule has 0 radical (unpaired) electrons. The van der Waals surface area contributed by atoms with Crippen molar-refractivity contribution in [1.82, 2.24) is 15.0 Å². The molecule has 1 spiro atoms. The minimum atomic E-state index is -3.49. The van der Waals surface area contributed by atoms with E-state index in [9.17, 15) is 35.1 Å². The number of amides is 2. The Morgan fingerprint density at radius 1 is 1.08 bits per heavy atom. The van der Waals surface area contributed by atoms with Crippen molar-refractivity contribution in [3.8, 4) is 0 Å². The highest BCUT2D eigenvalue weighted by atomic mass is 28.4. The molecular weight excluding hydrogens is 645 g/mol. The first kappa shape index (κ1) is 34.3. The number of nitrogens with zero attached hydrogens (tertiary/aromatic N) is 4. The van der Waals surface area contributed by atoms with Gasteiger partial charge in [-0.25, -0.2) is 0 Å². The van der Waals surface area contributed by atoms with Crippen LogP contribution in [0.3, 0.4) is 0 Å². The predicted octanol–water partition coefficient (Wildman–Crippen LogP) is 1.09. The Morgan fingerprint density at radius 3 is 2.50 bits per heavy atom. The number of ether oxygens (including phenoxy) is 2. The maximum Gasteiger partial charge on any atom is 0.268 e. The molecule has 0 saturated carbocycles. The van der Waals surface area contributed by atoms with Crippen LogP contribution in [-0.2, 0) is 37.6 Å². The van der Waals surface area contributed by atoms with Gasteiger partial charge in [0, 0.05) is 54.2 Å². The number of benzene rings is 2. The zero-order valence-electron chi connectivity index (χ0n) is 26.7. The molecule has 0 bridgehead atoms. The van der Waals surface area contributed by atoms with Crippen molar-refractivity contribution in [2.24, 2.45) is 5.92 Å². The summed E-state index contributed by atoms with van der Waals surface area (Å²) in [5.74, 6) is -1.94. The van der Waals surface area contributed by atoms with Crippen molar-refractivity contribution in [3.63, 3.8) is 0 Å². The van der Waals surface area contributed by atoms with Crippen LogP contribution < -0.4 is 10.2 Å². The number of anilines is 3. The van der Waals surface area contributed by atoms with Crippen molar-refractivity contribution in [3.05, 3.63) is 66.0 Å². The third kappa shape index (κ3) is 5.85. The standard InChI is InChI=1S/C32H40FN5O9Si/c1-17-28(48(2,3)33)23(11-13-37-16-19(12-14-39)35-36-37)47-32(17)21-15-18(34-29(43)27-25(41)24(40)26(42)30(44)46-27)9-10-22(21)38(31(32)45)20-7-5-4-6-8-20/h4-10,15-17,23-28,30,39-42,44H,11-14H2,1-3H3,(H,34,43)/t17-,23+,24-,25-,26+,27-,28-,30+,32+/m0/s1. The summed E-state index contributed by atoms with van der Waals surface area (Å²) in [6.07, 6.45) is -7.39. The van der Waals surface area contributed by atoms with E-state index in [1.807, 2.05) is 13.0 Å². The summed E-state index contributed by atoms with van der Waals surface area (Å²) >= 11 is 0. The van der Waals surface area contributed by atoms with Crippen molar-refractivity contribution < 1.29 is 48.7 Å². The topological polar surface area (TPSA) is 200 Å². The van der Waals surface area contributed by atoms with Gasteiger partial charge in [-0.05, 0) is 49.8 Å². The van der Waals surface area contributed by atoms with Crippen LogP contribution in [0.4, 0.5) is 21.2 Å². The van der Waals surface area contributed by atoms with Crippen LogP contribution >= 0.6 is 0 Å². The van der Waals surface area contributed by atoms with Gasteiger partial charge < -0.3 is 44.4 Å². The zero-order valence-corrected chi connectivity index (χ0v) is 27.7. The lowest BCUT2D eigenvalue weighted by atomic mass is 9.82. The van der Waals surface area contributed by atoms with Gasteiger partial charge in [0.2, 0.25) is 8.41 Å². The minimum absolute atomic E-state index is 0.0721. The number of aromatic nitrogens is 3. The first-order valence-corrected chi connectivity index (χ1v) is 18.8. The molecule has 2 aromatic carbocycles. The summed E-state index contributed by atoms with van der Waals surface area (Å²) in [4.78, 5) is 29.5. The third-order valence-electron chi connectivity index (χ3n) is 9.59. The van der Waals surface area contributed by atoms with E-state index in [0.717, 1.165) is 0 Å². The molecular formula is C32H40FN5O9Si. The fourth-order valence-corrected chi connectivity index (χ4v) is 9.92. The van der Waals surface area contributed by atoms with Crippen LogP contribution in [-0.4, -0.2) is 104 Å². The maximum absolute atomic E-state index is 16.3. The number of aryl methyl sites for hydroxylation is 1. The van der Waals surface area contributed by atoms with Crippen molar-refractivity contribution >= 4 is 37.3 Å². The molecule has 0 aliphatic carbocycles.